The van der Waals surface area contributed by atoms with E-state index in [0.717, 1.165) is 11.4 Å². The van der Waals surface area contributed by atoms with E-state index in [1.54, 1.807) is 12.1 Å². The van der Waals surface area contributed by atoms with Gasteiger partial charge in [-0.1, -0.05) is 30.0 Å². The van der Waals surface area contributed by atoms with Gasteiger partial charge in [-0.3, -0.25) is 9.79 Å². The summed E-state index contributed by atoms with van der Waals surface area (Å²) in [6.45, 7) is 2.58. The van der Waals surface area contributed by atoms with Crippen molar-refractivity contribution in [2.75, 3.05) is 34.9 Å². The van der Waals surface area contributed by atoms with Crippen molar-refractivity contribution in [3.8, 4) is 5.75 Å². The molecule has 1 amide bonds. The van der Waals surface area contributed by atoms with Crippen LogP contribution in [0.5, 0.6) is 5.75 Å². The van der Waals surface area contributed by atoms with Crippen LogP contribution in [0.3, 0.4) is 0 Å². The molecule has 0 saturated carbocycles. The number of rotatable bonds is 6. The van der Waals surface area contributed by atoms with Crippen molar-refractivity contribution < 1.29 is 17.9 Å². The molecule has 9 heteroatoms. The second-order valence-corrected chi connectivity index (χ2v) is 10.5. The monoisotopic (exact) mass is 445 g/mol. The highest BCUT2D eigenvalue weighted by molar-refractivity contribution is 8.15. The lowest BCUT2D eigenvalue weighted by atomic mass is 10.2. The molecule has 158 valence electrons. The van der Waals surface area contributed by atoms with Crippen LogP contribution in [0.15, 0.2) is 59.6 Å². The molecule has 2 aromatic carbocycles. The van der Waals surface area contributed by atoms with Crippen LogP contribution in [0.1, 0.15) is 6.92 Å². The zero-order valence-corrected chi connectivity index (χ0v) is 18.2. The number of fused-ring (bicyclic) bond motifs is 1. The molecular formula is C21H23N3O4S2. The average Bonchev–Trinajstić information content (AvgIpc) is 3.22. The zero-order valence-electron chi connectivity index (χ0n) is 16.5. The topological polar surface area (TPSA) is 88.1 Å². The molecule has 0 radical (unpaired) electrons. The van der Waals surface area contributed by atoms with Crippen LogP contribution >= 0.6 is 11.8 Å². The van der Waals surface area contributed by atoms with Crippen molar-refractivity contribution in [2.45, 2.75) is 18.2 Å². The van der Waals surface area contributed by atoms with Gasteiger partial charge in [-0.25, -0.2) is 8.42 Å². The highest BCUT2D eigenvalue weighted by atomic mass is 32.2. The van der Waals surface area contributed by atoms with Gasteiger partial charge in [-0.05, 0) is 43.3 Å². The van der Waals surface area contributed by atoms with E-state index >= 15 is 0 Å². The number of aliphatic imine (C=N–C) groups is 1. The number of thioether (sulfide) groups is 1. The molecule has 1 N–H and O–H groups in total. The number of hydrogen-bond acceptors (Lipinski definition) is 7. The maximum Gasteiger partial charge on any atom is 0.244 e. The van der Waals surface area contributed by atoms with Crippen molar-refractivity contribution in [3.63, 3.8) is 0 Å². The van der Waals surface area contributed by atoms with Gasteiger partial charge in [0.05, 0.1) is 24.2 Å². The number of hydrogen-bond donors (Lipinski definition) is 1. The summed E-state index contributed by atoms with van der Waals surface area (Å²) in [4.78, 5) is 19.3. The number of nitrogens with zero attached hydrogens (tertiary/aromatic N) is 2. The Hall–Kier alpha value is -2.52. The summed E-state index contributed by atoms with van der Waals surface area (Å²) in [7, 11) is -3.03. The first-order chi connectivity index (χ1) is 14.4. The van der Waals surface area contributed by atoms with Gasteiger partial charge >= 0.3 is 0 Å². The molecule has 1 fully saturated rings. The molecule has 30 heavy (non-hydrogen) atoms. The van der Waals surface area contributed by atoms with Gasteiger partial charge in [0.15, 0.2) is 15.0 Å². The minimum absolute atomic E-state index is 0.0783. The van der Waals surface area contributed by atoms with Gasteiger partial charge in [0, 0.05) is 16.6 Å². The molecule has 1 saturated heterocycles. The zero-order chi connectivity index (χ0) is 21.1. The van der Waals surface area contributed by atoms with E-state index in [1.165, 1.54) is 11.8 Å². The predicted molar refractivity (Wildman–Crippen MR) is 121 cm³/mol. The van der Waals surface area contributed by atoms with Gasteiger partial charge in [0.1, 0.15) is 12.3 Å². The Kier molecular flexibility index (Phi) is 6.01. The number of para-hydroxylation sites is 1. The Labute approximate surface area is 180 Å². The average molecular weight is 446 g/mol. The third-order valence-electron chi connectivity index (χ3n) is 4.85. The van der Waals surface area contributed by atoms with E-state index in [1.807, 2.05) is 54.3 Å². The number of anilines is 2. The minimum Gasteiger partial charge on any atom is -0.494 e. The summed E-state index contributed by atoms with van der Waals surface area (Å²) in [5, 5.41) is 3.51. The summed E-state index contributed by atoms with van der Waals surface area (Å²) in [5.41, 5.74) is 1.52. The molecule has 0 bridgehead atoms. The van der Waals surface area contributed by atoms with E-state index in [-0.39, 0.29) is 35.2 Å². The third kappa shape index (κ3) is 4.79. The van der Waals surface area contributed by atoms with E-state index < -0.39 is 9.84 Å². The smallest absolute Gasteiger partial charge is 0.244 e. The van der Waals surface area contributed by atoms with Crippen LogP contribution < -0.4 is 15.0 Å². The lowest BCUT2D eigenvalue weighted by Gasteiger charge is -2.24. The Morgan fingerprint density at radius 3 is 2.57 bits per heavy atom. The summed E-state index contributed by atoms with van der Waals surface area (Å²) >= 11 is 1.44. The predicted octanol–water partition coefficient (Wildman–Crippen LogP) is 2.80. The summed E-state index contributed by atoms with van der Waals surface area (Å²) in [5.74, 6) is 0.779. The third-order valence-corrected chi connectivity index (χ3v) is 8.10. The van der Waals surface area contributed by atoms with Crippen LogP contribution in [0.2, 0.25) is 0 Å². The maximum absolute atomic E-state index is 12.8. The highest BCUT2D eigenvalue weighted by Crippen LogP contribution is 2.36. The second kappa shape index (κ2) is 8.69. The van der Waals surface area contributed by atoms with Crippen molar-refractivity contribution in [2.24, 2.45) is 4.99 Å². The summed E-state index contributed by atoms with van der Waals surface area (Å²) < 4.78 is 29.2. The quantitative estimate of drug-likeness (QED) is 0.736. The highest BCUT2D eigenvalue weighted by Gasteiger charge is 2.44. The lowest BCUT2D eigenvalue weighted by Crippen LogP contribution is -2.36. The molecule has 0 aliphatic carbocycles. The largest absolute Gasteiger partial charge is 0.494 e. The van der Waals surface area contributed by atoms with Crippen molar-refractivity contribution in [1.82, 2.24) is 0 Å². The number of ether oxygens (including phenoxy) is 1. The number of sulfone groups is 1. The lowest BCUT2D eigenvalue weighted by molar-refractivity contribution is -0.114. The fourth-order valence-corrected chi connectivity index (χ4v) is 7.27. The molecule has 7 nitrogen and oxygen atoms in total. The van der Waals surface area contributed by atoms with Gasteiger partial charge in [0.2, 0.25) is 5.91 Å². The van der Waals surface area contributed by atoms with Gasteiger partial charge in [0.25, 0.3) is 0 Å². The van der Waals surface area contributed by atoms with Crippen LogP contribution in [0.4, 0.5) is 11.4 Å². The number of carbonyl (C=O) groups excluding carboxylic acids is 1. The molecule has 0 unspecified atom stereocenters. The molecule has 2 aliphatic rings. The second-order valence-electron chi connectivity index (χ2n) is 7.14. The van der Waals surface area contributed by atoms with E-state index in [9.17, 15) is 13.2 Å². The first kappa shape index (κ1) is 20.7. The first-order valence-corrected chi connectivity index (χ1v) is 12.4. The summed E-state index contributed by atoms with van der Waals surface area (Å²) in [6.07, 6.45) is 0. The first-order valence-electron chi connectivity index (χ1n) is 9.74. The number of carbonyl (C=O) groups is 1. The normalized spacial score (nSPS) is 21.6. The van der Waals surface area contributed by atoms with E-state index in [0.29, 0.717) is 17.5 Å². The molecule has 2 atom stereocenters. The van der Waals surface area contributed by atoms with Gasteiger partial charge in [-0.2, -0.15) is 0 Å². The molecule has 0 aromatic heterocycles. The van der Waals surface area contributed by atoms with Crippen LogP contribution in [0, 0.1) is 0 Å². The van der Waals surface area contributed by atoms with Crippen molar-refractivity contribution in [1.29, 1.82) is 0 Å². The number of nitrogens with one attached hydrogen (secondary N) is 1. The molecule has 4 rings (SSSR count). The van der Waals surface area contributed by atoms with Crippen LogP contribution in [-0.2, 0) is 14.6 Å². The summed E-state index contributed by atoms with van der Waals surface area (Å²) in [6, 6.07) is 16.5. The van der Waals surface area contributed by atoms with Crippen LogP contribution in [0.25, 0.3) is 0 Å². The Morgan fingerprint density at radius 2 is 1.90 bits per heavy atom. The number of benzene rings is 2. The van der Waals surface area contributed by atoms with E-state index in [4.69, 9.17) is 4.74 Å². The van der Waals surface area contributed by atoms with E-state index in [2.05, 4.69) is 10.3 Å². The Morgan fingerprint density at radius 1 is 1.17 bits per heavy atom. The van der Waals surface area contributed by atoms with Gasteiger partial charge < -0.3 is 15.0 Å². The van der Waals surface area contributed by atoms with Gasteiger partial charge in [-0.15, -0.1) is 0 Å². The molecule has 2 aromatic rings. The fraction of sp³-hybridized carbons (Fsp3) is 0.333. The molecule has 2 heterocycles. The number of amidine groups is 1. The Bertz CT molecular complexity index is 1040. The minimum atomic E-state index is -3.03. The maximum atomic E-state index is 12.8. The molecule has 0 spiro atoms. The molecular weight excluding hydrogens is 422 g/mol. The fourth-order valence-electron chi connectivity index (χ4n) is 3.49. The van der Waals surface area contributed by atoms with Crippen LogP contribution in [-0.4, -0.2) is 55.4 Å². The van der Waals surface area contributed by atoms with Crippen molar-refractivity contribution >= 4 is 44.0 Å². The SMILES string of the molecule is CCOc1ccc(NC(=O)CN(C2=N[C@H]3CS(=O)(=O)C[C@H]3S2)c2ccccc2)cc1. The molecule has 2 aliphatic heterocycles. The Balaban J connectivity index is 1.49. The standard InChI is InChI=1S/C21H23N3O4S2/c1-2-28-17-10-8-15(9-11-17)22-20(25)12-24(16-6-4-3-5-7-16)21-23-18-13-30(26,27)14-19(18)29-21/h3-11,18-19H,2,12-14H2,1H3,(H,22,25)/t18-,19+/m0/s1. The number of amides is 1. The van der Waals surface area contributed by atoms with Crippen molar-refractivity contribution in [3.05, 3.63) is 54.6 Å².